The van der Waals surface area contributed by atoms with Crippen LogP contribution < -0.4 is 5.32 Å². The average molecular weight is 479 g/mol. The highest BCUT2D eigenvalue weighted by Crippen LogP contribution is 2.37. The highest BCUT2D eigenvalue weighted by Gasteiger charge is 2.36. The van der Waals surface area contributed by atoms with Gasteiger partial charge in [0.1, 0.15) is 0 Å². The Bertz CT molecular complexity index is 1110. The van der Waals surface area contributed by atoms with Crippen LogP contribution in [0.1, 0.15) is 98.5 Å². The van der Waals surface area contributed by atoms with E-state index in [1.165, 1.54) is 54.4 Å². The minimum atomic E-state index is -0.767. The van der Waals surface area contributed by atoms with E-state index in [0.29, 0.717) is 24.3 Å². The smallest absolute Gasteiger partial charge is 0.306 e. The summed E-state index contributed by atoms with van der Waals surface area (Å²) in [6.07, 6.45) is 7.43. The van der Waals surface area contributed by atoms with Gasteiger partial charge in [-0.25, -0.2) is 0 Å². The molecule has 0 unspecified atom stereocenters. The van der Waals surface area contributed by atoms with Gasteiger partial charge < -0.3 is 15.0 Å². The Hall–Kier alpha value is -2.56. The van der Waals surface area contributed by atoms with E-state index in [1.54, 1.807) is 0 Å². The van der Waals surface area contributed by atoms with Gasteiger partial charge in [0.25, 0.3) is 5.91 Å². The largest absolute Gasteiger partial charge is 0.481 e. The molecule has 2 saturated carbocycles. The minimum absolute atomic E-state index is 0.0359. The Morgan fingerprint density at radius 2 is 1.69 bits per heavy atom. The van der Waals surface area contributed by atoms with Crippen molar-refractivity contribution in [2.75, 3.05) is 0 Å². The molecular formula is C30H42N2O3. The summed E-state index contributed by atoms with van der Waals surface area (Å²) in [5.74, 6) is -0.545. The molecule has 35 heavy (non-hydrogen) atoms. The summed E-state index contributed by atoms with van der Waals surface area (Å²) in [5, 5.41) is 12.3. The summed E-state index contributed by atoms with van der Waals surface area (Å²) in [6, 6.07) is 6.64. The fourth-order valence-corrected chi connectivity index (χ4v) is 5.72. The van der Waals surface area contributed by atoms with Crippen LogP contribution in [-0.4, -0.2) is 27.6 Å². The highest BCUT2D eigenvalue weighted by molar-refractivity contribution is 5.97. The number of benzene rings is 1. The zero-order valence-electron chi connectivity index (χ0n) is 22.3. The molecule has 190 valence electrons. The number of carboxylic acid groups (broad SMARTS) is 1. The summed E-state index contributed by atoms with van der Waals surface area (Å²) < 4.78 is 2.39. The lowest BCUT2D eigenvalue weighted by molar-refractivity contribution is -0.145. The molecule has 2 aromatic rings. The number of nitrogens with one attached hydrogen (secondary N) is 1. The van der Waals surface area contributed by atoms with Gasteiger partial charge in [0.2, 0.25) is 0 Å². The van der Waals surface area contributed by atoms with Gasteiger partial charge in [-0.3, -0.25) is 9.59 Å². The van der Waals surface area contributed by atoms with Gasteiger partial charge in [-0.1, -0.05) is 46.1 Å². The van der Waals surface area contributed by atoms with Crippen LogP contribution in [-0.2, 0) is 16.8 Å². The highest BCUT2D eigenvalue weighted by atomic mass is 16.4. The summed E-state index contributed by atoms with van der Waals surface area (Å²) >= 11 is 0. The molecule has 2 aliphatic carbocycles. The number of carbonyl (C=O) groups excluding carboxylic acids is 1. The van der Waals surface area contributed by atoms with Gasteiger partial charge in [0.05, 0.1) is 11.5 Å². The minimum Gasteiger partial charge on any atom is -0.481 e. The van der Waals surface area contributed by atoms with Gasteiger partial charge in [-0.2, -0.15) is 0 Å². The standard InChI is InChI=1S/C30H42N2O3/c1-18-12-23(30(4,5)6)15-25(19(18)2)27-16-26(28(33)31-24-13-22(14-24)29(34)35)20(3)32(27)17-21-10-8-7-9-11-21/h12,15-16,21-22,24H,7-11,13-14,17H2,1-6H3,(H,31,33)(H,34,35). The van der Waals surface area contributed by atoms with Crippen molar-refractivity contribution in [3.63, 3.8) is 0 Å². The molecule has 2 aliphatic rings. The number of aryl methyl sites for hydroxylation is 1. The van der Waals surface area contributed by atoms with E-state index < -0.39 is 5.97 Å². The quantitative estimate of drug-likeness (QED) is 0.494. The molecule has 1 aromatic heterocycles. The zero-order chi connectivity index (χ0) is 25.5. The maximum atomic E-state index is 13.3. The van der Waals surface area contributed by atoms with Crippen molar-refractivity contribution in [1.29, 1.82) is 0 Å². The number of amides is 1. The number of hydrogen-bond donors (Lipinski definition) is 2. The fourth-order valence-electron chi connectivity index (χ4n) is 5.72. The summed E-state index contributed by atoms with van der Waals surface area (Å²) in [5.41, 5.74) is 7.94. The topological polar surface area (TPSA) is 71.3 Å². The molecule has 5 heteroatoms. The number of nitrogens with zero attached hydrogens (tertiary/aromatic N) is 1. The number of rotatable bonds is 6. The van der Waals surface area contributed by atoms with Crippen molar-refractivity contribution in [3.05, 3.63) is 46.1 Å². The Balaban J connectivity index is 1.72. The van der Waals surface area contributed by atoms with E-state index >= 15 is 0 Å². The van der Waals surface area contributed by atoms with Gasteiger partial charge in [0, 0.05) is 29.5 Å². The van der Waals surface area contributed by atoms with E-state index in [9.17, 15) is 14.7 Å². The SMILES string of the molecule is Cc1cc(C(C)(C)C)cc(-c2cc(C(=O)NC3CC(C(=O)O)C3)c(C)n2CC2CCCCC2)c1C. The van der Waals surface area contributed by atoms with Crippen LogP contribution in [0.25, 0.3) is 11.3 Å². The van der Waals surface area contributed by atoms with E-state index in [4.69, 9.17) is 0 Å². The Morgan fingerprint density at radius 1 is 1.03 bits per heavy atom. The second-order valence-corrected chi connectivity index (χ2v) is 12.0. The van der Waals surface area contributed by atoms with Crippen molar-refractivity contribution in [2.24, 2.45) is 11.8 Å². The molecule has 0 radical (unpaired) electrons. The van der Waals surface area contributed by atoms with Crippen molar-refractivity contribution in [3.8, 4) is 11.3 Å². The van der Waals surface area contributed by atoms with Crippen LogP contribution in [0.2, 0.25) is 0 Å². The molecule has 4 rings (SSSR count). The molecule has 0 aliphatic heterocycles. The van der Waals surface area contributed by atoms with Crippen molar-refractivity contribution >= 4 is 11.9 Å². The summed E-state index contributed by atoms with van der Waals surface area (Å²) in [4.78, 5) is 24.5. The van der Waals surface area contributed by atoms with Crippen molar-refractivity contribution in [1.82, 2.24) is 9.88 Å². The van der Waals surface area contributed by atoms with Crippen LogP contribution in [0.15, 0.2) is 18.2 Å². The summed E-state index contributed by atoms with van der Waals surface area (Å²) in [7, 11) is 0. The van der Waals surface area contributed by atoms with Crippen LogP contribution >= 0.6 is 0 Å². The van der Waals surface area contributed by atoms with Crippen LogP contribution in [0.3, 0.4) is 0 Å². The number of carbonyl (C=O) groups is 2. The predicted octanol–water partition coefficient (Wildman–Crippen LogP) is 6.55. The first-order valence-electron chi connectivity index (χ1n) is 13.3. The Kier molecular flexibility index (Phi) is 7.17. The lowest BCUT2D eigenvalue weighted by Gasteiger charge is -2.32. The van der Waals surface area contributed by atoms with E-state index in [-0.39, 0.29) is 23.3 Å². The Morgan fingerprint density at radius 3 is 2.29 bits per heavy atom. The first kappa shape index (κ1) is 25.5. The first-order chi connectivity index (χ1) is 16.5. The lowest BCUT2D eigenvalue weighted by Crippen LogP contribution is -2.46. The number of aliphatic carboxylic acids is 1. The molecule has 0 atom stereocenters. The normalized spacial score (nSPS) is 21.0. The number of hydrogen-bond acceptors (Lipinski definition) is 2. The monoisotopic (exact) mass is 478 g/mol. The zero-order valence-corrected chi connectivity index (χ0v) is 22.3. The molecule has 0 bridgehead atoms. The number of carboxylic acids is 1. The second-order valence-electron chi connectivity index (χ2n) is 12.0. The molecule has 1 aromatic carbocycles. The molecule has 5 nitrogen and oxygen atoms in total. The second kappa shape index (κ2) is 9.83. The maximum absolute atomic E-state index is 13.3. The third-order valence-electron chi connectivity index (χ3n) is 8.41. The van der Waals surface area contributed by atoms with Gasteiger partial charge in [0.15, 0.2) is 0 Å². The van der Waals surface area contributed by atoms with Crippen LogP contribution in [0.4, 0.5) is 0 Å². The molecule has 1 amide bonds. The maximum Gasteiger partial charge on any atom is 0.306 e. The van der Waals surface area contributed by atoms with E-state index in [1.807, 2.05) is 0 Å². The Labute approximate surface area is 210 Å². The summed E-state index contributed by atoms with van der Waals surface area (Å²) in [6.45, 7) is 14.1. The third-order valence-corrected chi connectivity index (χ3v) is 8.41. The fraction of sp³-hybridized carbons (Fsp3) is 0.600. The van der Waals surface area contributed by atoms with E-state index in [2.05, 4.69) is 69.6 Å². The molecule has 1 heterocycles. The molecule has 2 N–H and O–H groups in total. The van der Waals surface area contributed by atoms with Gasteiger partial charge >= 0.3 is 5.97 Å². The molecule has 0 spiro atoms. The van der Waals surface area contributed by atoms with Gasteiger partial charge in [-0.05, 0) is 86.6 Å². The molecule has 2 fully saturated rings. The first-order valence-corrected chi connectivity index (χ1v) is 13.3. The van der Waals surface area contributed by atoms with Crippen molar-refractivity contribution < 1.29 is 14.7 Å². The van der Waals surface area contributed by atoms with Gasteiger partial charge in [-0.15, -0.1) is 0 Å². The van der Waals surface area contributed by atoms with Crippen LogP contribution in [0.5, 0.6) is 0 Å². The molecular weight excluding hydrogens is 436 g/mol. The molecule has 0 saturated heterocycles. The van der Waals surface area contributed by atoms with Crippen LogP contribution in [0, 0.1) is 32.6 Å². The average Bonchev–Trinajstić information content (AvgIpc) is 3.08. The third kappa shape index (κ3) is 5.34. The van der Waals surface area contributed by atoms with E-state index in [0.717, 1.165) is 17.9 Å². The predicted molar refractivity (Wildman–Crippen MR) is 141 cm³/mol. The number of aromatic nitrogens is 1. The lowest BCUT2D eigenvalue weighted by atomic mass is 9.80. The van der Waals surface area contributed by atoms with Crippen molar-refractivity contribution in [2.45, 2.75) is 104 Å².